The molecule has 4 nitrogen and oxygen atoms in total. The summed E-state index contributed by atoms with van der Waals surface area (Å²) in [6.07, 6.45) is 0.752. The van der Waals surface area contributed by atoms with Gasteiger partial charge in [-0.1, -0.05) is 80.4 Å². The van der Waals surface area contributed by atoms with Gasteiger partial charge in [0.25, 0.3) is 0 Å². The largest absolute Gasteiger partial charge is 0.354 e. The average molecular weight is 435 g/mol. The number of nitrogens with one attached hydrogen (secondary N) is 1. The van der Waals surface area contributed by atoms with Gasteiger partial charge in [-0.25, -0.2) is 0 Å². The summed E-state index contributed by atoms with van der Waals surface area (Å²) in [6, 6.07) is 14.3. The van der Waals surface area contributed by atoms with Crippen molar-refractivity contribution in [2.45, 2.75) is 46.2 Å². The third-order valence-corrected chi connectivity index (χ3v) is 5.34. The van der Waals surface area contributed by atoms with Gasteiger partial charge >= 0.3 is 0 Å². The van der Waals surface area contributed by atoms with E-state index in [4.69, 9.17) is 23.2 Å². The zero-order valence-electron chi connectivity index (χ0n) is 17.1. The van der Waals surface area contributed by atoms with Gasteiger partial charge in [-0.3, -0.25) is 9.59 Å². The van der Waals surface area contributed by atoms with E-state index in [0.29, 0.717) is 28.9 Å². The molecule has 0 unspecified atom stereocenters. The van der Waals surface area contributed by atoms with Crippen LogP contribution in [0.4, 0.5) is 0 Å². The molecule has 2 aromatic rings. The zero-order valence-corrected chi connectivity index (χ0v) is 18.6. The van der Waals surface area contributed by atoms with Crippen LogP contribution < -0.4 is 5.32 Å². The Balaban J connectivity index is 2.27. The second-order valence-electron chi connectivity index (χ2n) is 7.50. The number of halogens is 2. The number of hydrogen-bond donors (Lipinski definition) is 1. The van der Waals surface area contributed by atoms with Gasteiger partial charge in [0, 0.05) is 13.1 Å². The maximum atomic E-state index is 13.2. The molecule has 2 aromatic carbocycles. The van der Waals surface area contributed by atoms with Crippen molar-refractivity contribution in [1.29, 1.82) is 0 Å². The normalized spacial score (nSPS) is 11.9. The summed E-state index contributed by atoms with van der Waals surface area (Å²) in [7, 11) is 0. The lowest BCUT2D eigenvalue weighted by atomic mass is 10.1. The van der Waals surface area contributed by atoms with Crippen LogP contribution in [0.2, 0.25) is 10.0 Å². The lowest BCUT2D eigenvalue weighted by Crippen LogP contribution is -2.50. The van der Waals surface area contributed by atoms with E-state index >= 15 is 0 Å². The van der Waals surface area contributed by atoms with Crippen molar-refractivity contribution in [3.8, 4) is 0 Å². The second-order valence-corrected chi connectivity index (χ2v) is 8.31. The Bertz CT molecular complexity index is 825. The molecule has 0 aliphatic carbocycles. The Kier molecular flexibility index (Phi) is 8.99. The van der Waals surface area contributed by atoms with Gasteiger partial charge in [0.1, 0.15) is 6.04 Å². The first-order valence-electron chi connectivity index (χ1n) is 9.86. The summed E-state index contributed by atoms with van der Waals surface area (Å²) in [4.78, 5) is 27.7. The number of carbonyl (C=O) groups excluding carboxylic acids is 2. The van der Waals surface area contributed by atoms with Crippen LogP contribution in [-0.2, 0) is 22.6 Å². The van der Waals surface area contributed by atoms with E-state index in [1.807, 2.05) is 57.2 Å². The SMILES string of the molecule is CC[C@@H](C(=O)NCC(C)C)N(Cc1ccc(Cl)c(Cl)c1)C(=O)Cc1ccccc1. The molecule has 0 radical (unpaired) electrons. The van der Waals surface area contributed by atoms with Crippen molar-refractivity contribution < 1.29 is 9.59 Å². The first-order valence-corrected chi connectivity index (χ1v) is 10.6. The van der Waals surface area contributed by atoms with E-state index in [1.54, 1.807) is 17.0 Å². The molecule has 0 aliphatic rings. The molecule has 0 heterocycles. The minimum absolute atomic E-state index is 0.103. The van der Waals surface area contributed by atoms with Crippen LogP contribution in [0.15, 0.2) is 48.5 Å². The Labute approximate surface area is 183 Å². The summed E-state index contributed by atoms with van der Waals surface area (Å²) >= 11 is 12.2. The first kappa shape index (κ1) is 23.2. The molecule has 0 saturated heterocycles. The van der Waals surface area contributed by atoms with Crippen molar-refractivity contribution >= 4 is 35.0 Å². The van der Waals surface area contributed by atoms with Gasteiger partial charge in [-0.05, 0) is 35.6 Å². The standard InChI is InChI=1S/C23H28Cl2N2O2/c1-4-21(23(29)26-14-16(2)3)27(15-18-10-11-19(24)20(25)12-18)22(28)13-17-8-6-5-7-9-17/h5-12,16,21H,4,13-15H2,1-3H3,(H,26,29)/t21-/m0/s1. The topological polar surface area (TPSA) is 49.4 Å². The number of amides is 2. The minimum atomic E-state index is -0.556. The monoisotopic (exact) mass is 434 g/mol. The molecule has 0 fully saturated rings. The average Bonchev–Trinajstić information content (AvgIpc) is 2.69. The van der Waals surface area contributed by atoms with Crippen LogP contribution in [-0.4, -0.2) is 29.3 Å². The molecule has 0 spiro atoms. The van der Waals surface area contributed by atoms with E-state index in [1.165, 1.54) is 0 Å². The Morgan fingerprint density at radius 3 is 2.28 bits per heavy atom. The molecule has 0 saturated carbocycles. The van der Waals surface area contributed by atoms with Crippen LogP contribution in [0, 0.1) is 5.92 Å². The summed E-state index contributed by atoms with van der Waals surface area (Å²) in [6.45, 7) is 6.85. The van der Waals surface area contributed by atoms with Crippen LogP contribution in [0.5, 0.6) is 0 Å². The van der Waals surface area contributed by atoms with Crippen molar-refractivity contribution in [3.05, 3.63) is 69.7 Å². The molecule has 2 rings (SSSR count). The highest BCUT2D eigenvalue weighted by Gasteiger charge is 2.28. The molecule has 6 heteroatoms. The smallest absolute Gasteiger partial charge is 0.242 e. The van der Waals surface area contributed by atoms with Gasteiger partial charge in [-0.2, -0.15) is 0 Å². The third kappa shape index (κ3) is 7.06. The highest BCUT2D eigenvalue weighted by atomic mass is 35.5. The molecule has 156 valence electrons. The number of carbonyl (C=O) groups is 2. The van der Waals surface area contributed by atoms with Crippen molar-refractivity contribution in [2.75, 3.05) is 6.54 Å². The van der Waals surface area contributed by atoms with E-state index in [2.05, 4.69) is 5.32 Å². The maximum Gasteiger partial charge on any atom is 0.242 e. The maximum absolute atomic E-state index is 13.2. The van der Waals surface area contributed by atoms with Crippen LogP contribution in [0.25, 0.3) is 0 Å². The molecular formula is C23H28Cl2N2O2. The Morgan fingerprint density at radius 2 is 1.69 bits per heavy atom. The summed E-state index contributed by atoms with van der Waals surface area (Å²) in [5, 5.41) is 3.84. The van der Waals surface area contributed by atoms with Gasteiger partial charge in [0.05, 0.1) is 16.5 Å². The van der Waals surface area contributed by atoms with Crippen molar-refractivity contribution in [3.63, 3.8) is 0 Å². The predicted octanol–water partition coefficient (Wildman–Crippen LogP) is 5.12. The van der Waals surface area contributed by atoms with Crippen molar-refractivity contribution in [2.24, 2.45) is 5.92 Å². The number of benzene rings is 2. The van der Waals surface area contributed by atoms with E-state index < -0.39 is 6.04 Å². The van der Waals surface area contributed by atoms with Gasteiger partial charge in [0.2, 0.25) is 11.8 Å². The van der Waals surface area contributed by atoms with Gasteiger partial charge < -0.3 is 10.2 Å². The number of nitrogens with zero attached hydrogens (tertiary/aromatic N) is 1. The molecule has 0 aromatic heterocycles. The molecule has 29 heavy (non-hydrogen) atoms. The number of hydrogen-bond acceptors (Lipinski definition) is 2. The van der Waals surface area contributed by atoms with Crippen molar-refractivity contribution in [1.82, 2.24) is 10.2 Å². The summed E-state index contributed by atoms with van der Waals surface area (Å²) in [5.74, 6) is 0.0940. The van der Waals surface area contributed by atoms with Gasteiger partial charge in [0.15, 0.2) is 0 Å². The highest BCUT2D eigenvalue weighted by Crippen LogP contribution is 2.24. The predicted molar refractivity (Wildman–Crippen MR) is 119 cm³/mol. The van der Waals surface area contributed by atoms with E-state index in [-0.39, 0.29) is 24.8 Å². The van der Waals surface area contributed by atoms with Crippen LogP contribution in [0.1, 0.15) is 38.3 Å². The first-order chi connectivity index (χ1) is 13.8. The van der Waals surface area contributed by atoms with E-state index in [0.717, 1.165) is 11.1 Å². The molecule has 0 bridgehead atoms. The fourth-order valence-corrected chi connectivity index (χ4v) is 3.37. The quantitative estimate of drug-likeness (QED) is 0.595. The highest BCUT2D eigenvalue weighted by molar-refractivity contribution is 6.42. The van der Waals surface area contributed by atoms with Gasteiger partial charge in [-0.15, -0.1) is 0 Å². The Hall–Kier alpha value is -2.04. The fourth-order valence-electron chi connectivity index (χ4n) is 3.05. The van der Waals surface area contributed by atoms with Crippen LogP contribution >= 0.6 is 23.2 Å². The number of rotatable bonds is 9. The summed E-state index contributed by atoms with van der Waals surface area (Å²) < 4.78 is 0. The fraction of sp³-hybridized carbons (Fsp3) is 0.391. The lowest BCUT2D eigenvalue weighted by Gasteiger charge is -2.31. The Morgan fingerprint density at radius 1 is 1.00 bits per heavy atom. The summed E-state index contributed by atoms with van der Waals surface area (Å²) in [5.41, 5.74) is 1.74. The second kappa shape index (κ2) is 11.2. The molecule has 2 amide bonds. The van der Waals surface area contributed by atoms with E-state index in [9.17, 15) is 9.59 Å². The molecule has 1 atom stereocenters. The zero-order chi connectivity index (χ0) is 21.4. The molecule has 1 N–H and O–H groups in total. The third-order valence-electron chi connectivity index (χ3n) is 4.61. The molecule has 0 aliphatic heterocycles. The van der Waals surface area contributed by atoms with Crippen LogP contribution in [0.3, 0.4) is 0 Å². The lowest BCUT2D eigenvalue weighted by molar-refractivity contribution is -0.141. The minimum Gasteiger partial charge on any atom is -0.354 e. The molecular weight excluding hydrogens is 407 g/mol.